The molecule has 2 aliphatic rings. The number of amides is 1. The van der Waals surface area contributed by atoms with Gasteiger partial charge in [-0.25, -0.2) is 4.79 Å². The van der Waals surface area contributed by atoms with Crippen LogP contribution in [0.2, 0.25) is 0 Å². The number of hydrogen-bond donors (Lipinski definition) is 0. The molecule has 2 aliphatic heterocycles. The molecule has 0 saturated heterocycles. The predicted octanol–water partition coefficient (Wildman–Crippen LogP) is 3.87. The second-order valence-corrected chi connectivity index (χ2v) is 6.25. The van der Waals surface area contributed by atoms with E-state index in [9.17, 15) is 9.59 Å². The van der Waals surface area contributed by atoms with Crippen LogP contribution in [0, 0.1) is 0 Å². The van der Waals surface area contributed by atoms with E-state index < -0.39 is 6.09 Å². The number of hydrogen-bond acceptors (Lipinski definition) is 6. The third-order valence-electron chi connectivity index (χ3n) is 4.56. The Balaban J connectivity index is 1.54. The van der Waals surface area contributed by atoms with E-state index in [0.29, 0.717) is 41.7 Å². The molecular formula is C21H19NO6. The third kappa shape index (κ3) is 3.26. The van der Waals surface area contributed by atoms with Crippen LogP contribution in [0.1, 0.15) is 29.8 Å². The zero-order valence-electron chi connectivity index (χ0n) is 15.6. The highest BCUT2D eigenvalue weighted by Gasteiger charge is 2.28. The molecule has 0 bridgehead atoms. The summed E-state index contributed by atoms with van der Waals surface area (Å²) in [5.41, 5.74) is 1.18. The van der Waals surface area contributed by atoms with Gasteiger partial charge in [-0.15, -0.1) is 0 Å². The van der Waals surface area contributed by atoms with Crippen LogP contribution in [0.15, 0.2) is 42.2 Å². The summed E-state index contributed by atoms with van der Waals surface area (Å²) < 4.78 is 21.7. The van der Waals surface area contributed by atoms with Crippen LogP contribution in [0.4, 0.5) is 4.79 Å². The van der Waals surface area contributed by atoms with Crippen molar-refractivity contribution >= 4 is 18.0 Å². The average molecular weight is 381 g/mol. The quantitative estimate of drug-likeness (QED) is 0.749. The summed E-state index contributed by atoms with van der Waals surface area (Å²) >= 11 is 0. The van der Waals surface area contributed by atoms with Gasteiger partial charge >= 0.3 is 6.09 Å². The fourth-order valence-corrected chi connectivity index (χ4v) is 3.03. The second kappa shape index (κ2) is 7.26. The summed E-state index contributed by atoms with van der Waals surface area (Å²) in [7, 11) is 0. The van der Waals surface area contributed by atoms with Crippen molar-refractivity contribution in [2.24, 2.45) is 0 Å². The van der Waals surface area contributed by atoms with Crippen molar-refractivity contribution in [3.8, 4) is 23.0 Å². The van der Waals surface area contributed by atoms with Gasteiger partial charge in [0.05, 0.1) is 5.56 Å². The Kier molecular flexibility index (Phi) is 4.65. The topological polar surface area (TPSA) is 74.3 Å². The van der Waals surface area contributed by atoms with Crippen LogP contribution in [0.3, 0.4) is 0 Å². The zero-order chi connectivity index (χ0) is 19.7. The van der Waals surface area contributed by atoms with E-state index >= 15 is 0 Å². The number of ether oxygens (including phenoxy) is 4. The van der Waals surface area contributed by atoms with E-state index in [0.717, 1.165) is 5.56 Å². The standard InChI is InChI=1S/C21H19NO6/c1-3-22(4-2)21(24)27-14-6-7-15-17(11-14)28-19(20(15)23)10-13-5-8-16-18(9-13)26-12-25-16/h5-11H,3-4,12H2,1-2H3/b19-10+. The van der Waals surface area contributed by atoms with E-state index in [4.69, 9.17) is 18.9 Å². The first-order chi connectivity index (χ1) is 13.6. The highest BCUT2D eigenvalue weighted by atomic mass is 16.7. The average Bonchev–Trinajstić information content (AvgIpc) is 3.27. The van der Waals surface area contributed by atoms with E-state index in [1.54, 1.807) is 41.3 Å². The van der Waals surface area contributed by atoms with E-state index in [1.165, 1.54) is 0 Å². The number of ketones is 1. The van der Waals surface area contributed by atoms with E-state index in [2.05, 4.69) is 0 Å². The first-order valence-corrected chi connectivity index (χ1v) is 9.03. The van der Waals surface area contributed by atoms with Crippen LogP contribution in [0.25, 0.3) is 6.08 Å². The summed E-state index contributed by atoms with van der Waals surface area (Å²) in [6.07, 6.45) is 1.21. The Labute approximate surface area is 162 Å². The lowest BCUT2D eigenvalue weighted by Gasteiger charge is -2.17. The molecule has 2 aromatic carbocycles. The van der Waals surface area contributed by atoms with E-state index in [1.807, 2.05) is 19.9 Å². The molecule has 2 heterocycles. The molecule has 0 aromatic heterocycles. The normalized spacial score (nSPS) is 15.4. The first-order valence-electron chi connectivity index (χ1n) is 9.03. The van der Waals surface area contributed by atoms with E-state index in [-0.39, 0.29) is 18.3 Å². The number of carbonyl (C=O) groups excluding carboxylic acids is 2. The minimum absolute atomic E-state index is 0.186. The first kappa shape index (κ1) is 17.9. The van der Waals surface area contributed by atoms with Crippen molar-refractivity contribution in [1.29, 1.82) is 0 Å². The highest BCUT2D eigenvalue weighted by molar-refractivity contribution is 6.14. The number of fused-ring (bicyclic) bond motifs is 2. The van der Waals surface area contributed by atoms with Crippen molar-refractivity contribution in [2.75, 3.05) is 19.9 Å². The van der Waals surface area contributed by atoms with Gasteiger partial charge in [0.25, 0.3) is 0 Å². The maximum atomic E-state index is 12.6. The Morgan fingerprint density at radius 2 is 1.86 bits per heavy atom. The van der Waals surface area contributed by atoms with Crippen LogP contribution in [-0.4, -0.2) is 36.7 Å². The number of nitrogens with zero attached hydrogens (tertiary/aromatic N) is 1. The number of rotatable bonds is 4. The molecule has 0 radical (unpaired) electrons. The molecule has 0 N–H and O–H groups in total. The summed E-state index contributed by atoms with van der Waals surface area (Å²) in [4.78, 5) is 26.3. The van der Waals surface area contributed by atoms with Crippen LogP contribution in [0.5, 0.6) is 23.0 Å². The number of allylic oxidation sites excluding steroid dienone is 1. The fourth-order valence-electron chi connectivity index (χ4n) is 3.03. The number of benzene rings is 2. The van der Waals surface area contributed by atoms with Gasteiger partial charge in [-0.3, -0.25) is 4.79 Å². The highest BCUT2D eigenvalue weighted by Crippen LogP contribution is 2.37. The van der Waals surface area contributed by atoms with Gasteiger partial charge in [-0.05, 0) is 49.8 Å². The smallest absolute Gasteiger partial charge is 0.415 e. The molecule has 0 unspecified atom stereocenters. The van der Waals surface area contributed by atoms with Gasteiger partial charge in [0.15, 0.2) is 17.3 Å². The largest absolute Gasteiger partial charge is 0.454 e. The molecule has 0 fully saturated rings. The van der Waals surface area contributed by atoms with Crippen LogP contribution < -0.4 is 18.9 Å². The molecule has 7 heteroatoms. The number of Topliss-reactive ketones (excluding diaryl/α,β-unsaturated/α-hetero) is 1. The molecule has 0 spiro atoms. The lowest BCUT2D eigenvalue weighted by atomic mass is 10.1. The van der Waals surface area contributed by atoms with Crippen molar-refractivity contribution in [2.45, 2.75) is 13.8 Å². The molecule has 2 aromatic rings. The van der Waals surface area contributed by atoms with Crippen molar-refractivity contribution < 1.29 is 28.5 Å². The van der Waals surface area contributed by atoms with Gasteiger partial charge in [-0.1, -0.05) is 6.07 Å². The third-order valence-corrected chi connectivity index (χ3v) is 4.56. The van der Waals surface area contributed by atoms with Gasteiger partial charge < -0.3 is 23.8 Å². The van der Waals surface area contributed by atoms with Gasteiger partial charge in [0, 0.05) is 19.2 Å². The molecule has 1 amide bonds. The lowest BCUT2D eigenvalue weighted by Crippen LogP contribution is -2.33. The Hall–Kier alpha value is -3.48. The van der Waals surface area contributed by atoms with Crippen LogP contribution in [-0.2, 0) is 0 Å². The molecule has 0 aliphatic carbocycles. The second-order valence-electron chi connectivity index (χ2n) is 6.25. The Morgan fingerprint density at radius 1 is 1.07 bits per heavy atom. The van der Waals surface area contributed by atoms with Crippen LogP contribution >= 0.6 is 0 Å². The Bertz CT molecular complexity index is 977. The molecule has 0 saturated carbocycles. The molecule has 28 heavy (non-hydrogen) atoms. The molecular weight excluding hydrogens is 362 g/mol. The molecule has 144 valence electrons. The summed E-state index contributed by atoms with van der Waals surface area (Å²) in [5.74, 6) is 1.96. The van der Waals surface area contributed by atoms with Crippen molar-refractivity contribution in [3.63, 3.8) is 0 Å². The molecule has 0 atom stereocenters. The maximum Gasteiger partial charge on any atom is 0.415 e. The van der Waals surface area contributed by atoms with Gasteiger partial charge in [0.2, 0.25) is 12.6 Å². The van der Waals surface area contributed by atoms with Crippen molar-refractivity contribution in [1.82, 2.24) is 4.90 Å². The molecule has 4 rings (SSSR count). The Morgan fingerprint density at radius 3 is 2.64 bits per heavy atom. The predicted molar refractivity (Wildman–Crippen MR) is 101 cm³/mol. The number of carbonyl (C=O) groups is 2. The minimum atomic E-state index is -0.439. The summed E-state index contributed by atoms with van der Waals surface area (Å²) in [6.45, 7) is 5.05. The van der Waals surface area contributed by atoms with Gasteiger partial charge in [-0.2, -0.15) is 0 Å². The monoisotopic (exact) mass is 381 g/mol. The maximum absolute atomic E-state index is 12.6. The van der Waals surface area contributed by atoms with Crippen molar-refractivity contribution in [3.05, 3.63) is 53.3 Å². The zero-order valence-corrected chi connectivity index (χ0v) is 15.6. The molecule has 7 nitrogen and oxygen atoms in total. The lowest BCUT2D eigenvalue weighted by molar-refractivity contribution is 0.101. The fraction of sp³-hybridized carbons (Fsp3) is 0.238. The summed E-state index contributed by atoms with van der Waals surface area (Å²) in [5, 5.41) is 0. The summed E-state index contributed by atoms with van der Waals surface area (Å²) in [6, 6.07) is 10.1. The van der Waals surface area contributed by atoms with Gasteiger partial charge in [0.1, 0.15) is 11.5 Å². The minimum Gasteiger partial charge on any atom is -0.454 e. The SMILES string of the molecule is CCN(CC)C(=O)Oc1ccc2c(c1)O/C(=C/c1ccc3c(c1)OCO3)C2=O.